The molecule has 1 aromatic heterocycles. The second-order valence-electron chi connectivity index (χ2n) is 4.30. The minimum atomic E-state index is -0.434. The van der Waals surface area contributed by atoms with Crippen LogP contribution < -0.4 is 0 Å². The van der Waals surface area contributed by atoms with Crippen LogP contribution in [0.3, 0.4) is 0 Å². The summed E-state index contributed by atoms with van der Waals surface area (Å²) in [5.41, 5.74) is 0.504. The Hall–Kier alpha value is -1.36. The first kappa shape index (κ1) is 12.7. The quantitative estimate of drug-likeness (QED) is 0.737. The topological polar surface area (TPSA) is 61.6 Å². The molecule has 0 spiro atoms. The Morgan fingerprint density at radius 2 is 2.19 bits per heavy atom. The Balaban J connectivity index is 2.67. The van der Waals surface area contributed by atoms with Gasteiger partial charge >= 0.3 is 5.97 Å². The van der Waals surface area contributed by atoms with E-state index in [4.69, 9.17) is 14.0 Å². The number of ether oxygens (including phenoxy) is 2. The van der Waals surface area contributed by atoms with E-state index in [1.807, 2.05) is 20.8 Å². The van der Waals surface area contributed by atoms with Crippen LogP contribution in [-0.2, 0) is 16.1 Å². The summed E-state index contributed by atoms with van der Waals surface area (Å²) in [4.78, 5) is 11.5. The number of esters is 1. The van der Waals surface area contributed by atoms with Crippen LogP contribution in [0.2, 0.25) is 0 Å². The van der Waals surface area contributed by atoms with E-state index in [1.165, 1.54) is 6.26 Å². The Bertz CT molecular complexity index is 351. The van der Waals surface area contributed by atoms with Crippen LogP contribution in [0.4, 0.5) is 0 Å². The van der Waals surface area contributed by atoms with Crippen LogP contribution >= 0.6 is 0 Å². The zero-order valence-electron chi connectivity index (χ0n) is 10.1. The standard InChI is InChI=1S/C11H17NO4/c1-5-14-10(13)8-6-16-12-9(8)7-15-11(2,3)4/h6H,5,7H2,1-4H3. The van der Waals surface area contributed by atoms with Gasteiger partial charge in [-0.2, -0.15) is 0 Å². The van der Waals surface area contributed by atoms with E-state index in [0.29, 0.717) is 17.9 Å². The fourth-order valence-electron chi connectivity index (χ4n) is 1.02. The zero-order chi connectivity index (χ0) is 12.2. The fraction of sp³-hybridized carbons (Fsp3) is 0.636. The third-order valence-corrected chi connectivity index (χ3v) is 1.78. The van der Waals surface area contributed by atoms with Crippen molar-refractivity contribution in [2.24, 2.45) is 0 Å². The SMILES string of the molecule is CCOC(=O)c1conc1COC(C)(C)C. The Kier molecular flexibility index (Phi) is 4.06. The van der Waals surface area contributed by atoms with Gasteiger partial charge in [-0.25, -0.2) is 4.79 Å². The number of carbonyl (C=O) groups excluding carboxylic acids is 1. The van der Waals surface area contributed by atoms with Crippen molar-refractivity contribution in [2.75, 3.05) is 6.61 Å². The maximum absolute atomic E-state index is 11.5. The molecule has 0 aliphatic heterocycles. The normalized spacial score (nSPS) is 11.5. The summed E-state index contributed by atoms with van der Waals surface area (Å²) < 4.78 is 15.1. The number of hydrogen-bond acceptors (Lipinski definition) is 5. The molecular formula is C11H17NO4. The van der Waals surface area contributed by atoms with E-state index in [9.17, 15) is 4.79 Å². The highest BCUT2D eigenvalue weighted by atomic mass is 16.5. The predicted octanol–water partition coefficient (Wildman–Crippen LogP) is 2.17. The number of carbonyl (C=O) groups is 1. The van der Waals surface area contributed by atoms with Crippen molar-refractivity contribution >= 4 is 5.97 Å². The maximum Gasteiger partial charge on any atom is 0.343 e. The molecule has 0 aromatic carbocycles. The van der Waals surface area contributed by atoms with E-state index in [-0.39, 0.29) is 12.2 Å². The van der Waals surface area contributed by atoms with Crippen molar-refractivity contribution in [1.82, 2.24) is 5.16 Å². The third kappa shape index (κ3) is 3.66. The van der Waals surface area contributed by atoms with Gasteiger partial charge in [-0.05, 0) is 27.7 Å². The molecule has 1 rings (SSSR count). The molecular weight excluding hydrogens is 210 g/mol. The molecule has 16 heavy (non-hydrogen) atoms. The van der Waals surface area contributed by atoms with Gasteiger partial charge in [-0.1, -0.05) is 5.16 Å². The van der Waals surface area contributed by atoms with Crippen molar-refractivity contribution in [3.05, 3.63) is 17.5 Å². The molecule has 0 bridgehead atoms. The van der Waals surface area contributed by atoms with Crippen LogP contribution in [0.1, 0.15) is 43.7 Å². The summed E-state index contributed by atoms with van der Waals surface area (Å²) in [5.74, 6) is -0.434. The first-order valence-corrected chi connectivity index (χ1v) is 5.18. The second kappa shape index (κ2) is 5.12. The molecule has 0 aliphatic rings. The monoisotopic (exact) mass is 227 g/mol. The summed E-state index contributed by atoms with van der Waals surface area (Å²) in [6, 6.07) is 0. The van der Waals surface area contributed by atoms with Gasteiger partial charge in [0, 0.05) is 0 Å². The molecule has 0 N–H and O–H groups in total. The summed E-state index contributed by atoms with van der Waals surface area (Å²) in [7, 11) is 0. The third-order valence-electron chi connectivity index (χ3n) is 1.78. The lowest BCUT2D eigenvalue weighted by Gasteiger charge is -2.18. The van der Waals surface area contributed by atoms with E-state index >= 15 is 0 Å². The van der Waals surface area contributed by atoms with Crippen LogP contribution in [0.25, 0.3) is 0 Å². The lowest BCUT2D eigenvalue weighted by atomic mass is 10.2. The lowest BCUT2D eigenvalue weighted by molar-refractivity contribution is -0.0179. The van der Waals surface area contributed by atoms with Gasteiger partial charge in [-0.15, -0.1) is 0 Å². The van der Waals surface area contributed by atoms with Crippen molar-refractivity contribution in [2.45, 2.75) is 39.9 Å². The molecule has 90 valence electrons. The highest BCUT2D eigenvalue weighted by Gasteiger charge is 2.19. The van der Waals surface area contributed by atoms with Crippen LogP contribution in [0.5, 0.6) is 0 Å². The van der Waals surface area contributed by atoms with Gasteiger partial charge in [0.15, 0.2) is 0 Å². The summed E-state index contributed by atoms with van der Waals surface area (Å²) >= 11 is 0. The van der Waals surface area contributed by atoms with Gasteiger partial charge in [0.25, 0.3) is 0 Å². The minimum Gasteiger partial charge on any atom is -0.462 e. The van der Waals surface area contributed by atoms with Gasteiger partial charge < -0.3 is 14.0 Å². The van der Waals surface area contributed by atoms with Gasteiger partial charge in [-0.3, -0.25) is 0 Å². The first-order chi connectivity index (χ1) is 7.44. The summed E-state index contributed by atoms with van der Waals surface area (Å²) in [6.45, 7) is 8.08. The fourth-order valence-corrected chi connectivity index (χ4v) is 1.02. The predicted molar refractivity (Wildman–Crippen MR) is 57.0 cm³/mol. The van der Waals surface area contributed by atoms with Crippen LogP contribution in [0, 0.1) is 0 Å². The summed E-state index contributed by atoms with van der Waals surface area (Å²) in [5, 5.41) is 3.72. The average Bonchev–Trinajstić information content (AvgIpc) is 2.61. The highest BCUT2D eigenvalue weighted by molar-refractivity contribution is 5.90. The molecule has 0 fully saturated rings. The summed E-state index contributed by atoms with van der Waals surface area (Å²) in [6.07, 6.45) is 1.28. The maximum atomic E-state index is 11.5. The Morgan fingerprint density at radius 1 is 1.50 bits per heavy atom. The highest BCUT2D eigenvalue weighted by Crippen LogP contribution is 2.14. The number of hydrogen-bond donors (Lipinski definition) is 0. The second-order valence-corrected chi connectivity index (χ2v) is 4.30. The van der Waals surface area contributed by atoms with Crippen molar-refractivity contribution < 1.29 is 18.8 Å². The molecule has 0 saturated heterocycles. The van der Waals surface area contributed by atoms with Crippen LogP contribution in [-0.4, -0.2) is 23.3 Å². The molecule has 0 atom stereocenters. The zero-order valence-corrected chi connectivity index (χ0v) is 10.1. The number of rotatable bonds is 4. The molecule has 0 radical (unpaired) electrons. The van der Waals surface area contributed by atoms with E-state index in [0.717, 1.165) is 0 Å². The Labute approximate surface area is 94.7 Å². The largest absolute Gasteiger partial charge is 0.462 e. The molecule has 0 unspecified atom stereocenters. The smallest absolute Gasteiger partial charge is 0.343 e. The molecule has 0 saturated carbocycles. The van der Waals surface area contributed by atoms with Gasteiger partial charge in [0.1, 0.15) is 17.5 Å². The van der Waals surface area contributed by atoms with Crippen LogP contribution in [0.15, 0.2) is 10.8 Å². The molecule has 0 amide bonds. The van der Waals surface area contributed by atoms with Crippen molar-refractivity contribution in [1.29, 1.82) is 0 Å². The van der Waals surface area contributed by atoms with Gasteiger partial charge in [0.05, 0.1) is 18.8 Å². The van der Waals surface area contributed by atoms with Crippen molar-refractivity contribution in [3.63, 3.8) is 0 Å². The lowest BCUT2D eigenvalue weighted by Crippen LogP contribution is -2.19. The first-order valence-electron chi connectivity index (χ1n) is 5.18. The number of aromatic nitrogens is 1. The van der Waals surface area contributed by atoms with Crippen molar-refractivity contribution in [3.8, 4) is 0 Å². The molecule has 5 heteroatoms. The van der Waals surface area contributed by atoms with Gasteiger partial charge in [0.2, 0.25) is 0 Å². The average molecular weight is 227 g/mol. The van der Waals surface area contributed by atoms with E-state index in [2.05, 4.69) is 5.16 Å². The van der Waals surface area contributed by atoms with E-state index < -0.39 is 5.97 Å². The molecule has 1 aromatic rings. The minimum absolute atomic E-state index is 0.230. The molecule has 5 nitrogen and oxygen atoms in total. The Morgan fingerprint density at radius 3 is 2.75 bits per heavy atom. The van der Waals surface area contributed by atoms with E-state index in [1.54, 1.807) is 6.92 Å². The molecule has 1 heterocycles. The molecule has 0 aliphatic carbocycles. The number of nitrogens with zero attached hydrogens (tertiary/aromatic N) is 1.